The molecule has 1 atom stereocenters. The van der Waals surface area contributed by atoms with Crippen molar-refractivity contribution in [3.05, 3.63) is 46.5 Å². The number of nitrogens with zero attached hydrogens (tertiary/aromatic N) is 1. The summed E-state index contributed by atoms with van der Waals surface area (Å²) in [6.07, 6.45) is 1.16. The zero-order valence-electron chi connectivity index (χ0n) is 12.3. The van der Waals surface area contributed by atoms with Gasteiger partial charge in [-0.25, -0.2) is 9.78 Å². The normalized spacial score (nSPS) is 16.4. The van der Waals surface area contributed by atoms with Gasteiger partial charge in [0.25, 0.3) is 0 Å². The minimum atomic E-state index is -0.791. The first-order valence-electron chi connectivity index (χ1n) is 7.31. The van der Waals surface area contributed by atoms with Crippen molar-refractivity contribution >= 4 is 28.5 Å². The van der Waals surface area contributed by atoms with E-state index in [4.69, 9.17) is 9.84 Å². The van der Waals surface area contributed by atoms with Crippen molar-refractivity contribution < 1.29 is 19.4 Å². The smallest absolute Gasteiger partial charge is 0.413 e. The Morgan fingerprint density at radius 2 is 2.13 bits per heavy atom. The maximum Gasteiger partial charge on any atom is 0.413 e. The van der Waals surface area contributed by atoms with Crippen molar-refractivity contribution in [1.82, 2.24) is 4.98 Å². The average Bonchev–Trinajstić information content (AvgIpc) is 2.95. The molecule has 1 aromatic heterocycles. The monoisotopic (exact) mass is 332 g/mol. The standard InChI is InChI=1S/C16H16N2O4S/c19-14(20)11-6-7-13-12(8-11)17-15(23-13)18-16(21)22-9-10-4-2-1-3-5-10/h1-5,11H,6-9H2,(H,19,20)(H,17,18,21). The van der Waals surface area contributed by atoms with E-state index in [1.54, 1.807) is 0 Å². The van der Waals surface area contributed by atoms with E-state index < -0.39 is 12.1 Å². The Labute approximate surface area is 137 Å². The minimum absolute atomic E-state index is 0.193. The molecule has 120 valence electrons. The molecule has 23 heavy (non-hydrogen) atoms. The third-order valence-electron chi connectivity index (χ3n) is 3.71. The number of hydrogen-bond donors (Lipinski definition) is 2. The van der Waals surface area contributed by atoms with Gasteiger partial charge >= 0.3 is 12.1 Å². The molecule has 1 aliphatic rings. The van der Waals surface area contributed by atoms with Crippen LogP contribution in [-0.2, 0) is 29.0 Å². The molecular weight excluding hydrogens is 316 g/mol. The largest absolute Gasteiger partial charge is 0.481 e. The van der Waals surface area contributed by atoms with Gasteiger partial charge in [0.05, 0.1) is 11.6 Å². The Morgan fingerprint density at radius 1 is 1.35 bits per heavy atom. The summed E-state index contributed by atoms with van der Waals surface area (Å²) in [5.74, 6) is -1.18. The van der Waals surface area contributed by atoms with Crippen LogP contribution in [-0.4, -0.2) is 22.2 Å². The lowest BCUT2D eigenvalue weighted by atomic mass is 9.91. The van der Waals surface area contributed by atoms with Gasteiger partial charge in [0.1, 0.15) is 6.61 Å². The number of rotatable bonds is 4. The number of nitrogens with one attached hydrogen (secondary N) is 1. The Hall–Kier alpha value is -2.41. The van der Waals surface area contributed by atoms with Crippen molar-refractivity contribution in [2.24, 2.45) is 5.92 Å². The van der Waals surface area contributed by atoms with Crippen LogP contribution in [0.1, 0.15) is 22.6 Å². The summed E-state index contributed by atoms with van der Waals surface area (Å²) in [5.41, 5.74) is 1.68. The summed E-state index contributed by atoms with van der Waals surface area (Å²) in [7, 11) is 0. The highest BCUT2D eigenvalue weighted by atomic mass is 32.1. The van der Waals surface area contributed by atoms with Crippen LogP contribution < -0.4 is 5.32 Å². The quantitative estimate of drug-likeness (QED) is 0.898. The van der Waals surface area contributed by atoms with Gasteiger partial charge in [-0.3, -0.25) is 10.1 Å². The lowest BCUT2D eigenvalue weighted by Crippen LogP contribution is -2.21. The van der Waals surface area contributed by atoms with Crippen molar-refractivity contribution in [2.75, 3.05) is 5.32 Å². The fourth-order valence-electron chi connectivity index (χ4n) is 2.49. The summed E-state index contributed by atoms with van der Waals surface area (Å²) in [6, 6.07) is 9.41. The van der Waals surface area contributed by atoms with E-state index in [1.807, 2.05) is 30.3 Å². The fraction of sp³-hybridized carbons (Fsp3) is 0.312. The Balaban J connectivity index is 1.56. The highest BCUT2D eigenvalue weighted by molar-refractivity contribution is 7.15. The summed E-state index contributed by atoms with van der Waals surface area (Å²) in [4.78, 5) is 28.2. The number of fused-ring (bicyclic) bond motifs is 1. The zero-order valence-corrected chi connectivity index (χ0v) is 13.1. The summed E-state index contributed by atoms with van der Waals surface area (Å²) >= 11 is 1.38. The van der Waals surface area contributed by atoms with Crippen molar-refractivity contribution in [2.45, 2.75) is 25.9 Å². The number of benzene rings is 1. The van der Waals surface area contributed by atoms with E-state index in [0.29, 0.717) is 24.4 Å². The highest BCUT2D eigenvalue weighted by Crippen LogP contribution is 2.32. The number of amides is 1. The van der Waals surface area contributed by atoms with Gasteiger partial charge in [-0.2, -0.15) is 0 Å². The van der Waals surface area contributed by atoms with Crippen LogP contribution >= 0.6 is 11.3 Å². The third-order valence-corrected chi connectivity index (χ3v) is 4.78. The summed E-state index contributed by atoms with van der Waals surface area (Å²) in [5, 5.41) is 12.1. The van der Waals surface area contributed by atoms with E-state index >= 15 is 0 Å². The molecule has 0 bridgehead atoms. The van der Waals surface area contributed by atoms with Crippen LogP contribution in [0, 0.1) is 5.92 Å². The van der Waals surface area contributed by atoms with Crippen LogP contribution in [0.4, 0.5) is 9.93 Å². The number of ether oxygens (including phenoxy) is 1. The molecule has 7 heteroatoms. The minimum Gasteiger partial charge on any atom is -0.481 e. The number of hydrogen-bond acceptors (Lipinski definition) is 5. The molecule has 6 nitrogen and oxygen atoms in total. The average molecular weight is 332 g/mol. The summed E-state index contributed by atoms with van der Waals surface area (Å²) < 4.78 is 5.15. The number of carboxylic acid groups (broad SMARTS) is 1. The van der Waals surface area contributed by atoms with Crippen molar-refractivity contribution in [3.8, 4) is 0 Å². The van der Waals surface area contributed by atoms with Gasteiger partial charge < -0.3 is 9.84 Å². The molecule has 0 fully saturated rings. The van der Waals surface area contributed by atoms with Gasteiger partial charge in [-0.05, 0) is 18.4 Å². The third kappa shape index (κ3) is 3.87. The van der Waals surface area contributed by atoms with E-state index in [9.17, 15) is 9.59 Å². The molecule has 0 saturated carbocycles. The molecule has 0 aliphatic heterocycles. The molecule has 1 heterocycles. The predicted molar refractivity (Wildman–Crippen MR) is 85.5 cm³/mol. The van der Waals surface area contributed by atoms with E-state index in [0.717, 1.165) is 16.1 Å². The van der Waals surface area contributed by atoms with Crippen LogP contribution in [0.15, 0.2) is 30.3 Å². The maximum absolute atomic E-state index is 11.8. The van der Waals surface area contributed by atoms with Gasteiger partial charge in [-0.15, -0.1) is 11.3 Å². The molecule has 1 aliphatic carbocycles. The lowest BCUT2D eigenvalue weighted by Gasteiger charge is -2.16. The molecule has 2 aromatic rings. The van der Waals surface area contributed by atoms with Crippen LogP contribution in [0.5, 0.6) is 0 Å². The Morgan fingerprint density at radius 3 is 2.87 bits per heavy atom. The maximum atomic E-state index is 11.8. The van der Waals surface area contributed by atoms with Crippen LogP contribution in [0.2, 0.25) is 0 Å². The van der Waals surface area contributed by atoms with Gasteiger partial charge in [0.15, 0.2) is 5.13 Å². The predicted octanol–water partition coefficient (Wildman–Crippen LogP) is 3.08. The van der Waals surface area contributed by atoms with Crippen molar-refractivity contribution in [1.29, 1.82) is 0 Å². The highest BCUT2D eigenvalue weighted by Gasteiger charge is 2.27. The molecule has 0 saturated heterocycles. The van der Waals surface area contributed by atoms with Gasteiger partial charge in [0, 0.05) is 11.3 Å². The fourth-order valence-corrected chi connectivity index (χ4v) is 3.48. The first-order chi connectivity index (χ1) is 11.1. The van der Waals surface area contributed by atoms with E-state index in [1.165, 1.54) is 11.3 Å². The molecule has 0 radical (unpaired) electrons. The molecular formula is C16H16N2O4S. The number of anilines is 1. The Bertz CT molecular complexity index is 714. The number of carbonyl (C=O) groups excluding carboxylic acids is 1. The first kappa shape index (κ1) is 15.5. The number of aromatic nitrogens is 1. The second-order valence-corrected chi connectivity index (χ2v) is 6.44. The number of carbonyl (C=O) groups is 2. The topological polar surface area (TPSA) is 88.5 Å². The second-order valence-electron chi connectivity index (χ2n) is 5.35. The zero-order chi connectivity index (χ0) is 16.2. The first-order valence-corrected chi connectivity index (χ1v) is 8.12. The molecule has 1 unspecified atom stereocenters. The lowest BCUT2D eigenvalue weighted by molar-refractivity contribution is -0.142. The van der Waals surface area contributed by atoms with Crippen LogP contribution in [0.3, 0.4) is 0 Å². The molecule has 0 spiro atoms. The molecule has 1 aromatic carbocycles. The van der Waals surface area contributed by atoms with Gasteiger partial charge in [0.2, 0.25) is 0 Å². The van der Waals surface area contributed by atoms with Gasteiger partial charge in [-0.1, -0.05) is 30.3 Å². The molecule has 2 N–H and O–H groups in total. The number of carboxylic acids is 1. The number of aliphatic carboxylic acids is 1. The van der Waals surface area contributed by atoms with Crippen LogP contribution in [0.25, 0.3) is 0 Å². The van der Waals surface area contributed by atoms with Crippen molar-refractivity contribution in [3.63, 3.8) is 0 Å². The Kier molecular flexibility index (Phi) is 4.57. The summed E-state index contributed by atoms with van der Waals surface area (Å²) in [6.45, 7) is 0.193. The van der Waals surface area contributed by atoms with E-state index in [2.05, 4.69) is 10.3 Å². The molecule has 1 amide bonds. The van der Waals surface area contributed by atoms with E-state index in [-0.39, 0.29) is 12.5 Å². The number of thiazole rings is 1. The number of aryl methyl sites for hydroxylation is 1. The second kappa shape index (κ2) is 6.78. The SMILES string of the molecule is O=C(Nc1nc2c(s1)CCC(C(=O)O)C2)OCc1ccccc1. The molecule has 3 rings (SSSR count).